The third kappa shape index (κ3) is 12.1. The first kappa shape index (κ1) is 20.3. The number of hydrogen-bond acceptors (Lipinski definition) is 2. The fourth-order valence-corrected chi connectivity index (χ4v) is 13.7. The minimum absolute atomic E-state index is 1.16. The fourth-order valence-electron chi connectivity index (χ4n) is 2.29. The minimum Gasteiger partial charge on any atom is -0.434 e. The summed E-state index contributed by atoms with van der Waals surface area (Å²) in [5, 5.41) is 0. The highest BCUT2D eigenvalue weighted by molar-refractivity contribution is 6.89. The molecule has 0 amide bonds. The molecule has 0 saturated heterocycles. The summed E-state index contributed by atoms with van der Waals surface area (Å²) in [4.78, 5) is 0. The van der Waals surface area contributed by atoms with Gasteiger partial charge < -0.3 is 8.23 Å². The van der Waals surface area contributed by atoms with E-state index in [-0.39, 0.29) is 0 Å². The highest BCUT2D eigenvalue weighted by Gasteiger charge is 2.38. The quantitative estimate of drug-likeness (QED) is 0.370. The van der Waals surface area contributed by atoms with Crippen molar-refractivity contribution in [1.82, 2.24) is 0 Å². The predicted molar refractivity (Wildman–Crippen MR) is 98.4 cm³/mol. The van der Waals surface area contributed by atoms with Gasteiger partial charge >= 0.3 is 8.56 Å². The molecule has 20 heavy (non-hydrogen) atoms. The molecule has 0 atom stereocenters. The predicted octanol–water partition coefficient (Wildman–Crippen LogP) is 5.83. The van der Waals surface area contributed by atoms with Crippen LogP contribution in [0.4, 0.5) is 0 Å². The molecule has 5 heteroatoms. The van der Waals surface area contributed by atoms with Gasteiger partial charge in [-0.2, -0.15) is 0 Å². The minimum atomic E-state index is -2.15. The van der Waals surface area contributed by atoms with E-state index in [0.29, 0.717) is 0 Å². The Morgan fingerprint density at radius 1 is 0.750 bits per heavy atom. The number of hydrogen-bond donors (Lipinski definition) is 0. The van der Waals surface area contributed by atoms with E-state index in [1.807, 2.05) is 0 Å². The Bertz CT molecular complexity index is 274. The SMILES string of the molecule is CCCCCC/C=C\[Si](C)(O[Si](C)(C)C)O[Si](C)(C)C. The molecular formula is C15H36O2Si3. The molecule has 0 bridgehead atoms. The van der Waals surface area contributed by atoms with Gasteiger partial charge in [0.25, 0.3) is 0 Å². The van der Waals surface area contributed by atoms with E-state index in [1.54, 1.807) is 0 Å². The van der Waals surface area contributed by atoms with Crippen molar-refractivity contribution in [2.75, 3.05) is 0 Å². The average molecular weight is 333 g/mol. The summed E-state index contributed by atoms with van der Waals surface area (Å²) in [5.41, 5.74) is 2.29. The molecule has 2 nitrogen and oxygen atoms in total. The van der Waals surface area contributed by atoms with Crippen LogP contribution in [0.15, 0.2) is 11.8 Å². The van der Waals surface area contributed by atoms with Crippen LogP contribution >= 0.6 is 0 Å². The lowest BCUT2D eigenvalue weighted by Crippen LogP contribution is -2.51. The van der Waals surface area contributed by atoms with Crippen LogP contribution in [0, 0.1) is 0 Å². The molecule has 0 N–H and O–H groups in total. The lowest BCUT2D eigenvalue weighted by atomic mass is 10.2. The standard InChI is InChI=1S/C15H36O2Si3/c1-9-10-11-12-13-14-15-20(8,16-18(2,3)4)17-19(5,6)7/h14-15H,9-13H2,1-8H3/b15-14-. The lowest BCUT2D eigenvalue weighted by molar-refractivity contribution is 0.402. The normalized spacial score (nSPS) is 14.2. The highest BCUT2D eigenvalue weighted by atomic mass is 28.5. The van der Waals surface area contributed by atoms with Gasteiger partial charge in [-0.3, -0.25) is 0 Å². The zero-order valence-corrected chi connectivity index (χ0v) is 18.0. The van der Waals surface area contributed by atoms with Crippen LogP contribution in [0.2, 0.25) is 45.8 Å². The first-order valence-electron chi connectivity index (χ1n) is 8.05. The van der Waals surface area contributed by atoms with Crippen molar-refractivity contribution in [3.8, 4) is 0 Å². The van der Waals surface area contributed by atoms with Gasteiger partial charge in [-0.15, -0.1) is 0 Å². The van der Waals surface area contributed by atoms with Gasteiger partial charge in [-0.25, -0.2) is 0 Å². The Morgan fingerprint density at radius 3 is 1.65 bits per heavy atom. The van der Waals surface area contributed by atoms with Crippen LogP contribution in [0.25, 0.3) is 0 Å². The van der Waals surface area contributed by atoms with Crippen LogP contribution < -0.4 is 0 Å². The molecule has 0 rings (SSSR count). The van der Waals surface area contributed by atoms with E-state index >= 15 is 0 Å². The van der Waals surface area contributed by atoms with E-state index in [1.165, 1.54) is 25.7 Å². The third-order valence-corrected chi connectivity index (χ3v) is 11.6. The third-order valence-electron chi connectivity index (χ3n) is 2.66. The Labute approximate surface area is 130 Å². The first-order chi connectivity index (χ1) is 8.97. The second kappa shape index (κ2) is 8.68. The molecule has 0 heterocycles. The summed E-state index contributed by atoms with van der Waals surface area (Å²) in [5.74, 6) is 0. The Hall–Kier alpha value is 0.311. The molecule has 0 aliphatic carbocycles. The molecule has 0 unspecified atom stereocenters. The molecule has 0 aromatic carbocycles. The van der Waals surface area contributed by atoms with Crippen LogP contribution in [0.1, 0.15) is 39.0 Å². The van der Waals surface area contributed by atoms with E-state index in [9.17, 15) is 0 Å². The van der Waals surface area contributed by atoms with Gasteiger partial charge in [0.2, 0.25) is 0 Å². The van der Waals surface area contributed by atoms with Crippen LogP contribution in [-0.4, -0.2) is 25.2 Å². The largest absolute Gasteiger partial charge is 0.434 e. The summed E-state index contributed by atoms with van der Waals surface area (Å²) in [6.45, 7) is 18.0. The second-order valence-corrected chi connectivity index (χ2v) is 20.1. The topological polar surface area (TPSA) is 18.5 Å². The number of allylic oxidation sites excluding steroid dienone is 1. The van der Waals surface area contributed by atoms with Gasteiger partial charge in [-0.1, -0.05) is 32.3 Å². The molecule has 0 aliphatic rings. The summed E-state index contributed by atoms with van der Waals surface area (Å²) >= 11 is 0. The summed E-state index contributed by atoms with van der Waals surface area (Å²) in [7, 11) is -5.28. The second-order valence-electron chi connectivity index (χ2n) is 7.70. The Morgan fingerprint density at radius 2 is 1.25 bits per heavy atom. The fraction of sp³-hybridized carbons (Fsp3) is 0.867. The van der Waals surface area contributed by atoms with Crippen LogP contribution in [-0.2, 0) is 8.23 Å². The van der Waals surface area contributed by atoms with E-state index in [2.05, 4.69) is 64.5 Å². The maximum Gasteiger partial charge on any atom is 0.340 e. The van der Waals surface area contributed by atoms with Crippen molar-refractivity contribution >= 4 is 25.2 Å². The lowest BCUT2D eigenvalue weighted by Gasteiger charge is -2.36. The Balaban J connectivity index is 4.57. The molecule has 120 valence electrons. The zero-order valence-electron chi connectivity index (χ0n) is 15.0. The van der Waals surface area contributed by atoms with E-state index in [0.717, 1.165) is 6.42 Å². The van der Waals surface area contributed by atoms with Gasteiger partial charge in [0.1, 0.15) is 0 Å². The molecule has 0 saturated carbocycles. The van der Waals surface area contributed by atoms with Crippen molar-refractivity contribution in [3.63, 3.8) is 0 Å². The monoisotopic (exact) mass is 332 g/mol. The van der Waals surface area contributed by atoms with Crippen molar-refractivity contribution in [1.29, 1.82) is 0 Å². The molecule has 0 aliphatic heterocycles. The molecule has 0 spiro atoms. The first-order valence-corrected chi connectivity index (χ1v) is 17.3. The van der Waals surface area contributed by atoms with Crippen molar-refractivity contribution < 1.29 is 8.23 Å². The molecule has 0 radical (unpaired) electrons. The van der Waals surface area contributed by atoms with Gasteiger partial charge in [0.05, 0.1) is 0 Å². The van der Waals surface area contributed by atoms with Gasteiger partial charge in [0, 0.05) is 0 Å². The highest BCUT2D eigenvalue weighted by Crippen LogP contribution is 2.22. The maximum absolute atomic E-state index is 6.43. The van der Waals surface area contributed by atoms with E-state index in [4.69, 9.17) is 8.23 Å². The van der Waals surface area contributed by atoms with Gasteiger partial charge in [0.15, 0.2) is 16.6 Å². The number of unbranched alkanes of at least 4 members (excludes halogenated alkanes) is 4. The zero-order chi connectivity index (χ0) is 15.9. The summed E-state index contributed by atoms with van der Waals surface area (Å²) < 4.78 is 12.9. The van der Waals surface area contributed by atoms with Crippen molar-refractivity contribution in [2.45, 2.75) is 84.9 Å². The summed E-state index contributed by atoms with van der Waals surface area (Å²) in [6, 6.07) is 0. The van der Waals surface area contributed by atoms with Crippen LogP contribution in [0.3, 0.4) is 0 Å². The van der Waals surface area contributed by atoms with E-state index < -0.39 is 25.2 Å². The molecular weight excluding hydrogens is 296 g/mol. The summed E-state index contributed by atoms with van der Waals surface area (Å²) in [6.07, 6.45) is 8.74. The average Bonchev–Trinajstić information content (AvgIpc) is 2.17. The smallest absolute Gasteiger partial charge is 0.340 e. The maximum atomic E-state index is 6.43. The van der Waals surface area contributed by atoms with Crippen molar-refractivity contribution in [3.05, 3.63) is 11.8 Å². The van der Waals surface area contributed by atoms with Crippen LogP contribution in [0.5, 0.6) is 0 Å². The Kier molecular flexibility index (Phi) is 8.82. The van der Waals surface area contributed by atoms with Gasteiger partial charge in [-0.05, 0) is 64.4 Å². The number of rotatable bonds is 10. The molecule has 0 fully saturated rings. The van der Waals surface area contributed by atoms with Crippen molar-refractivity contribution in [2.24, 2.45) is 0 Å². The molecule has 0 aromatic rings. The molecule has 0 aromatic heterocycles.